The maximum Gasteiger partial charge on any atom is 0.223 e. The molecule has 0 saturated heterocycles. The Kier molecular flexibility index (Phi) is 4.39. The summed E-state index contributed by atoms with van der Waals surface area (Å²) >= 11 is 0. The van der Waals surface area contributed by atoms with Crippen LogP contribution in [-0.4, -0.2) is 29.9 Å². The number of carbonyl (C=O) groups excluding carboxylic acids is 1. The van der Waals surface area contributed by atoms with Gasteiger partial charge in [0.2, 0.25) is 5.91 Å². The molecule has 1 atom stereocenters. The summed E-state index contributed by atoms with van der Waals surface area (Å²) in [5.74, 6) is 0.669. The van der Waals surface area contributed by atoms with Crippen LogP contribution in [0.3, 0.4) is 0 Å². The van der Waals surface area contributed by atoms with E-state index in [4.69, 9.17) is 5.73 Å². The van der Waals surface area contributed by atoms with Crippen LogP contribution in [0.1, 0.15) is 39.5 Å². The third kappa shape index (κ3) is 2.98. The molecule has 0 bridgehead atoms. The highest BCUT2D eigenvalue weighted by Crippen LogP contribution is 2.27. The predicted molar refractivity (Wildman–Crippen MR) is 57.9 cm³/mol. The van der Waals surface area contributed by atoms with Crippen LogP contribution in [-0.2, 0) is 4.79 Å². The van der Waals surface area contributed by atoms with Gasteiger partial charge in [0.05, 0.1) is 0 Å². The van der Waals surface area contributed by atoms with Gasteiger partial charge in [-0.1, -0.05) is 13.3 Å². The van der Waals surface area contributed by atoms with E-state index in [1.165, 1.54) is 12.8 Å². The van der Waals surface area contributed by atoms with E-state index in [0.717, 1.165) is 13.0 Å². The highest BCUT2D eigenvalue weighted by Gasteiger charge is 2.31. The van der Waals surface area contributed by atoms with Gasteiger partial charge >= 0.3 is 0 Å². The maximum absolute atomic E-state index is 11.9. The molecule has 1 saturated carbocycles. The molecule has 1 fully saturated rings. The largest absolute Gasteiger partial charge is 0.340 e. The van der Waals surface area contributed by atoms with Gasteiger partial charge in [-0.25, -0.2) is 0 Å². The monoisotopic (exact) mass is 198 g/mol. The molecule has 0 radical (unpaired) electrons. The van der Waals surface area contributed by atoms with Gasteiger partial charge in [0.15, 0.2) is 0 Å². The van der Waals surface area contributed by atoms with Gasteiger partial charge < -0.3 is 10.6 Å². The fourth-order valence-corrected chi connectivity index (χ4v) is 1.78. The first-order valence-electron chi connectivity index (χ1n) is 5.72. The van der Waals surface area contributed by atoms with E-state index in [1.807, 2.05) is 4.90 Å². The number of carbonyl (C=O) groups is 1. The average molecular weight is 198 g/mol. The van der Waals surface area contributed by atoms with Crippen LogP contribution >= 0.6 is 0 Å². The van der Waals surface area contributed by atoms with Crippen LogP contribution in [0, 0.1) is 5.92 Å². The Balaban J connectivity index is 2.37. The third-order valence-electron chi connectivity index (χ3n) is 3.02. The molecule has 1 amide bonds. The minimum absolute atomic E-state index is 0.298. The Hall–Kier alpha value is -0.570. The second kappa shape index (κ2) is 5.35. The fourth-order valence-electron chi connectivity index (χ4n) is 1.78. The molecular formula is C11H22N2O. The van der Waals surface area contributed by atoms with E-state index in [1.54, 1.807) is 0 Å². The molecule has 0 aromatic rings. The Morgan fingerprint density at radius 2 is 2.14 bits per heavy atom. The second-order valence-corrected chi connectivity index (χ2v) is 4.13. The Morgan fingerprint density at radius 1 is 1.50 bits per heavy atom. The van der Waals surface area contributed by atoms with Crippen molar-refractivity contribution in [2.24, 2.45) is 11.7 Å². The maximum atomic E-state index is 11.9. The minimum Gasteiger partial charge on any atom is -0.340 e. The van der Waals surface area contributed by atoms with Crippen LogP contribution in [0.25, 0.3) is 0 Å². The molecule has 1 rings (SSSR count). The first kappa shape index (κ1) is 11.5. The highest BCUT2D eigenvalue weighted by molar-refractivity contribution is 5.77. The number of hydrogen-bond donors (Lipinski definition) is 1. The summed E-state index contributed by atoms with van der Waals surface area (Å²) in [5, 5.41) is 0. The molecule has 3 nitrogen and oxygen atoms in total. The van der Waals surface area contributed by atoms with Crippen LogP contribution in [0.2, 0.25) is 0 Å². The normalized spacial score (nSPS) is 17.9. The standard InChI is InChI=1S/C11H22N2O/c1-3-9(8-12)7-11(14)13(4-2)10-5-6-10/h9-10H,3-8,12H2,1-2H3. The third-order valence-corrected chi connectivity index (χ3v) is 3.02. The quantitative estimate of drug-likeness (QED) is 0.700. The van der Waals surface area contributed by atoms with Crippen molar-refractivity contribution in [1.82, 2.24) is 4.90 Å². The lowest BCUT2D eigenvalue weighted by atomic mass is 10.0. The number of hydrogen-bond acceptors (Lipinski definition) is 2. The van der Waals surface area contributed by atoms with Gasteiger partial charge in [-0.15, -0.1) is 0 Å². The van der Waals surface area contributed by atoms with E-state index in [9.17, 15) is 4.79 Å². The van der Waals surface area contributed by atoms with Gasteiger partial charge in [0, 0.05) is 19.0 Å². The van der Waals surface area contributed by atoms with Crippen LogP contribution in [0.4, 0.5) is 0 Å². The van der Waals surface area contributed by atoms with Crippen LogP contribution in [0.5, 0.6) is 0 Å². The SMILES string of the molecule is CCC(CN)CC(=O)N(CC)C1CC1. The average Bonchev–Trinajstić information content (AvgIpc) is 2.99. The first-order valence-corrected chi connectivity index (χ1v) is 5.72. The van der Waals surface area contributed by atoms with Crippen molar-refractivity contribution in [3.05, 3.63) is 0 Å². The zero-order chi connectivity index (χ0) is 10.6. The summed E-state index contributed by atoms with van der Waals surface area (Å²) < 4.78 is 0. The fraction of sp³-hybridized carbons (Fsp3) is 0.909. The molecule has 0 aromatic carbocycles. The lowest BCUT2D eigenvalue weighted by Crippen LogP contribution is -2.35. The van der Waals surface area contributed by atoms with Crippen LogP contribution in [0.15, 0.2) is 0 Å². The summed E-state index contributed by atoms with van der Waals surface area (Å²) in [6, 6.07) is 0.544. The van der Waals surface area contributed by atoms with E-state index in [0.29, 0.717) is 30.8 Å². The molecule has 0 aromatic heterocycles. The number of amides is 1. The molecule has 0 heterocycles. The van der Waals surface area contributed by atoms with Gasteiger partial charge in [-0.05, 0) is 32.2 Å². The lowest BCUT2D eigenvalue weighted by molar-refractivity contribution is -0.132. The Bertz CT molecular complexity index is 186. The molecule has 0 spiro atoms. The zero-order valence-electron chi connectivity index (χ0n) is 9.33. The van der Waals surface area contributed by atoms with Gasteiger partial charge in [-0.3, -0.25) is 4.79 Å². The van der Waals surface area contributed by atoms with Crippen molar-refractivity contribution < 1.29 is 4.79 Å². The van der Waals surface area contributed by atoms with Gasteiger partial charge in [-0.2, -0.15) is 0 Å². The van der Waals surface area contributed by atoms with E-state index < -0.39 is 0 Å². The predicted octanol–water partition coefficient (Wildman–Crippen LogP) is 1.37. The second-order valence-electron chi connectivity index (χ2n) is 4.13. The van der Waals surface area contributed by atoms with Crippen molar-refractivity contribution >= 4 is 5.91 Å². The van der Waals surface area contributed by atoms with Crippen molar-refractivity contribution in [3.63, 3.8) is 0 Å². The Labute approximate surface area is 86.6 Å². The molecule has 14 heavy (non-hydrogen) atoms. The van der Waals surface area contributed by atoms with Crippen LogP contribution < -0.4 is 5.73 Å². The zero-order valence-corrected chi connectivity index (χ0v) is 9.33. The number of nitrogens with two attached hydrogens (primary N) is 1. The molecule has 1 aliphatic carbocycles. The van der Waals surface area contributed by atoms with E-state index >= 15 is 0 Å². The summed E-state index contributed by atoms with van der Waals surface area (Å²) in [5.41, 5.74) is 5.59. The molecule has 82 valence electrons. The summed E-state index contributed by atoms with van der Waals surface area (Å²) in [6.45, 7) is 5.63. The minimum atomic E-state index is 0.298. The van der Waals surface area contributed by atoms with Gasteiger partial charge in [0.1, 0.15) is 0 Å². The molecule has 1 aliphatic rings. The van der Waals surface area contributed by atoms with E-state index in [-0.39, 0.29) is 0 Å². The molecule has 0 aliphatic heterocycles. The summed E-state index contributed by atoms with van der Waals surface area (Å²) in [7, 11) is 0. The highest BCUT2D eigenvalue weighted by atomic mass is 16.2. The summed E-state index contributed by atoms with van der Waals surface area (Å²) in [4.78, 5) is 13.9. The van der Waals surface area contributed by atoms with Crippen molar-refractivity contribution in [1.29, 1.82) is 0 Å². The van der Waals surface area contributed by atoms with Gasteiger partial charge in [0.25, 0.3) is 0 Å². The summed E-state index contributed by atoms with van der Waals surface area (Å²) in [6.07, 6.45) is 4.03. The van der Waals surface area contributed by atoms with Crippen molar-refractivity contribution in [2.45, 2.75) is 45.6 Å². The van der Waals surface area contributed by atoms with Crippen molar-refractivity contribution in [3.8, 4) is 0 Å². The topological polar surface area (TPSA) is 46.3 Å². The molecular weight excluding hydrogens is 176 g/mol. The Morgan fingerprint density at radius 3 is 2.50 bits per heavy atom. The van der Waals surface area contributed by atoms with E-state index in [2.05, 4.69) is 13.8 Å². The smallest absolute Gasteiger partial charge is 0.223 e. The molecule has 3 heteroatoms. The first-order chi connectivity index (χ1) is 6.72. The molecule has 2 N–H and O–H groups in total. The number of rotatable bonds is 6. The molecule has 1 unspecified atom stereocenters. The lowest BCUT2D eigenvalue weighted by Gasteiger charge is -2.22. The van der Waals surface area contributed by atoms with Crippen molar-refractivity contribution in [2.75, 3.05) is 13.1 Å². The number of nitrogens with zero attached hydrogens (tertiary/aromatic N) is 1.